The van der Waals surface area contributed by atoms with Crippen LogP contribution in [0.5, 0.6) is 0 Å². The van der Waals surface area contributed by atoms with Gasteiger partial charge in [0.25, 0.3) is 0 Å². The van der Waals surface area contributed by atoms with Crippen molar-refractivity contribution in [2.45, 2.75) is 23.9 Å². The Morgan fingerprint density at radius 3 is 2.76 bits per heavy atom. The summed E-state index contributed by atoms with van der Waals surface area (Å²) in [5.41, 5.74) is 1.51. The highest BCUT2D eigenvalue weighted by Crippen LogP contribution is 2.41. The van der Waals surface area contributed by atoms with E-state index in [1.165, 1.54) is 19.3 Å². The highest BCUT2D eigenvalue weighted by atomic mass is 79.9. The van der Waals surface area contributed by atoms with Crippen LogP contribution in [0.25, 0.3) is 0 Å². The summed E-state index contributed by atoms with van der Waals surface area (Å²) >= 11 is 3.53. The number of aliphatic imine (C=N–C) groups is 1. The number of methoxy groups -OCH3 is 1. The van der Waals surface area contributed by atoms with Crippen LogP contribution in [-0.4, -0.2) is 24.0 Å². The average molecular weight is 406 g/mol. The van der Waals surface area contributed by atoms with Gasteiger partial charge in [-0.25, -0.2) is 14.2 Å². The van der Waals surface area contributed by atoms with Gasteiger partial charge in [-0.1, -0.05) is 24.3 Å². The van der Waals surface area contributed by atoms with Crippen molar-refractivity contribution in [2.75, 3.05) is 7.11 Å². The summed E-state index contributed by atoms with van der Waals surface area (Å²) in [4.78, 5) is 16.3. The molecule has 1 heterocycles. The maximum absolute atomic E-state index is 13.3. The predicted molar refractivity (Wildman–Crippen MR) is 97.4 cm³/mol. The lowest BCUT2D eigenvalue weighted by Gasteiger charge is -2.23. The zero-order valence-corrected chi connectivity index (χ0v) is 15.4. The molecule has 2 atom stereocenters. The van der Waals surface area contributed by atoms with Gasteiger partial charge in [-0.05, 0) is 59.1 Å². The van der Waals surface area contributed by atoms with E-state index in [0.29, 0.717) is 17.9 Å². The second-order valence-electron chi connectivity index (χ2n) is 5.92. The molecule has 1 aliphatic carbocycles. The molecule has 0 radical (unpaired) electrons. The number of halogens is 2. The minimum absolute atomic E-state index is 0.301. The highest BCUT2D eigenvalue weighted by Gasteiger charge is 2.42. The van der Waals surface area contributed by atoms with E-state index in [1.807, 2.05) is 19.1 Å². The molecule has 4 nitrogen and oxygen atoms in total. The topological polar surface area (TPSA) is 47.9 Å². The summed E-state index contributed by atoms with van der Waals surface area (Å²) in [6, 6.07) is 7.06. The number of alkyl halides is 1. The van der Waals surface area contributed by atoms with E-state index in [0.717, 1.165) is 11.1 Å². The Kier molecular flexibility index (Phi) is 4.90. The molecule has 1 aliphatic heterocycles. The Hall–Kier alpha value is -2.21. The lowest BCUT2D eigenvalue weighted by atomic mass is 9.93. The molecule has 130 valence electrons. The van der Waals surface area contributed by atoms with Gasteiger partial charge in [0.15, 0.2) is 5.01 Å². The molecule has 0 bridgehead atoms. The fourth-order valence-corrected chi connectivity index (χ4v) is 3.21. The van der Waals surface area contributed by atoms with Gasteiger partial charge in [-0.2, -0.15) is 0 Å². The number of benzene rings is 1. The van der Waals surface area contributed by atoms with Crippen molar-refractivity contribution in [3.05, 3.63) is 71.1 Å². The molecule has 6 heteroatoms. The smallest absolute Gasteiger partial charge is 0.337 e. The monoisotopic (exact) mass is 405 g/mol. The zero-order chi connectivity index (χ0) is 18.0. The fourth-order valence-electron chi connectivity index (χ4n) is 2.67. The van der Waals surface area contributed by atoms with E-state index in [-0.39, 0.29) is 16.8 Å². The van der Waals surface area contributed by atoms with Gasteiger partial charge in [0.05, 0.1) is 12.7 Å². The molecule has 0 saturated heterocycles. The number of hydrogen-bond acceptors (Lipinski definition) is 4. The van der Waals surface area contributed by atoms with Gasteiger partial charge < -0.3 is 9.47 Å². The standard InChI is InChI=1S/C19H17BrFNO3/c1-19(14-9-6-13(7-10-14)17(23)24-2)18(20)25-16(22-19)12-4-3-5-15(21)11-8-12/h3,5-11,18H,4H2,1-2H3. The number of rotatable bonds is 3. The van der Waals surface area contributed by atoms with E-state index in [1.54, 1.807) is 24.3 Å². The third-order valence-corrected chi connectivity index (χ3v) is 5.29. The van der Waals surface area contributed by atoms with Gasteiger partial charge in [-0.15, -0.1) is 0 Å². The molecule has 0 fully saturated rings. The van der Waals surface area contributed by atoms with Gasteiger partial charge in [0, 0.05) is 5.57 Å². The summed E-state index contributed by atoms with van der Waals surface area (Å²) < 4.78 is 23.9. The third kappa shape index (κ3) is 3.44. The maximum atomic E-state index is 13.3. The minimum atomic E-state index is -0.664. The Bertz CT molecular complexity index is 810. The molecule has 0 amide bonds. The van der Waals surface area contributed by atoms with E-state index in [4.69, 9.17) is 14.5 Å². The van der Waals surface area contributed by atoms with Crippen LogP contribution in [0.3, 0.4) is 0 Å². The van der Waals surface area contributed by atoms with E-state index >= 15 is 0 Å². The first-order valence-electron chi connectivity index (χ1n) is 7.77. The molecule has 0 N–H and O–H groups in total. The molecule has 0 spiro atoms. The number of hydrogen-bond donors (Lipinski definition) is 0. The molecule has 2 unspecified atom stereocenters. The van der Waals surface area contributed by atoms with Crippen LogP contribution in [0.1, 0.15) is 29.3 Å². The summed E-state index contributed by atoms with van der Waals surface area (Å²) in [7, 11) is 1.35. The molecule has 1 aromatic rings. The van der Waals surface area contributed by atoms with Crippen LogP contribution in [-0.2, 0) is 15.0 Å². The lowest BCUT2D eigenvalue weighted by Crippen LogP contribution is -2.27. The van der Waals surface area contributed by atoms with Crippen LogP contribution in [0.2, 0.25) is 0 Å². The number of carbonyl (C=O) groups is 1. The van der Waals surface area contributed by atoms with E-state index in [2.05, 4.69) is 15.9 Å². The molecule has 1 aromatic carbocycles. The van der Waals surface area contributed by atoms with Crippen molar-refractivity contribution in [1.82, 2.24) is 0 Å². The first kappa shape index (κ1) is 17.6. The molecule has 3 rings (SSSR count). The molecular weight excluding hydrogens is 389 g/mol. The first-order valence-corrected chi connectivity index (χ1v) is 8.68. The van der Waals surface area contributed by atoms with Gasteiger partial charge in [0.1, 0.15) is 11.4 Å². The second kappa shape index (κ2) is 6.96. The Balaban J connectivity index is 1.91. The normalized spacial score (nSPS) is 25.4. The van der Waals surface area contributed by atoms with Crippen LogP contribution >= 0.6 is 15.9 Å². The Morgan fingerprint density at radius 1 is 1.36 bits per heavy atom. The van der Waals surface area contributed by atoms with Crippen molar-refractivity contribution >= 4 is 27.8 Å². The van der Waals surface area contributed by atoms with Crippen LogP contribution in [0, 0.1) is 0 Å². The van der Waals surface area contributed by atoms with Crippen LogP contribution in [0.15, 0.2) is 65.0 Å². The number of ether oxygens (including phenoxy) is 2. The van der Waals surface area contributed by atoms with Crippen molar-refractivity contribution in [3.8, 4) is 0 Å². The van der Waals surface area contributed by atoms with Crippen LogP contribution in [0.4, 0.5) is 4.39 Å². The molecule has 0 aromatic heterocycles. The quantitative estimate of drug-likeness (QED) is 0.546. The lowest BCUT2D eigenvalue weighted by molar-refractivity contribution is 0.0600. The van der Waals surface area contributed by atoms with Gasteiger partial charge in [0.2, 0.25) is 5.90 Å². The first-order chi connectivity index (χ1) is 11.9. The predicted octanol–water partition coefficient (Wildman–Crippen LogP) is 4.58. The highest BCUT2D eigenvalue weighted by molar-refractivity contribution is 9.09. The number of allylic oxidation sites excluding steroid dienone is 5. The number of esters is 1. The Morgan fingerprint density at radius 2 is 2.08 bits per heavy atom. The van der Waals surface area contributed by atoms with E-state index < -0.39 is 5.54 Å². The summed E-state index contributed by atoms with van der Waals surface area (Å²) in [5.74, 6) is -0.203. The van der Waals surface area contributed by atoms with Crippen molar-refractivity contribution in [2.24, 2.45) is 4.99 Å². The molecule has 2 aliphatic rings. The maximum Gasteiger partial charge on any atom is 0.337 e. The molecular formula is C19H17BrFNO3. The fraction of sp³-hybridized carbons (Fsp3) is 0.263. The third-order valence-electron chi connectivity index (χ3n) is 4.21. The summed E-state index contributed by atoms with van der Waals surface area (Å²) in [5, 5.41) is -0.374. The number of nitrogens with zero attached hydrogens (tertiary/aromatic N) is 1. The van der Waals surface area contributed by atoms with Crippen molar-refractivity contribution in [3.63, 3.8) is 0 Å². The summed E-state index contributed by atoms with van der Waals surface area (Å²) in [6.45, 7) is 1.94. The second-order valence-corrected chi connectivity index (χ2v) is 6.75. The van der Waals surface area contributed by atoms with E-state index in [9.17, 15) is 9.18 Å². The molecule has 0 saturated carbocycles. The SMILES string of the molecule is COC(=O)c1ccc(C2(C)N=C(C3=CC=C(F)C=CC3)OC2Br)cc1. The summed E-state index contributed by atoms with van der Waals surface area (Å²) in [6.07, 6.45) is 6.78. The largest absolute Gasteiger partial charge is 0.465 e. The Labute approximate surface area is 153 Å². The van der Waals surface area contributed by atoms with Gasteiger partial charge in [-0.3, -0.25) is 0 Å². The zero-order valence-electron chi connectivity index (χ0n) is 13.8. The van der Waals surface area contributed by atoms with Gasteiger partial charge >= 0.3 is 5.97 Å². The van der Waals surface area contributed by atoms with Crippen molar-refractivity contribution in [1.29, 1.82) is 0 Å². The van der Waals surface area contributed by atoms with Crippen LogP contribution < -0.4 is 0 Å². The average Bonchev–Trinajstić information content (AvgIpc) is 2.79. The molecule has 25 heavy (non-hydrogen) atoms. The van der Waals surface area contributed by atoms with Crippen molar-refractivity contribution < 1.29 is 18.7 Å². The number of carbonyl (C=O) groups excluding carboxylic acids is 1. The minimum Gasteiger partial charge on any atom is -0.465 e.